The number of amides is 1. The van der Waals surface area contributed by atoms with Crippen LogP contribution in [0.5, 0.6) is 34.5 Å². The number of aliphatic imine (C=N–C) groups is 1. The zero-order valence-electron chi connectivity index (χ0n) is 37.9. The molecule has 0 saturated heterocycles. The SMILES string of the molecule is COc1cc2c(cc1OCc1ccccc1)CCN=C2C.COc1cc2c(cc1OCc1ccccc1)CCNC2C.COc1ccc(CCNC(C)=O)cc1OCc1ccccc1. The van der Waals surface area contributed by atoms with E-state index in [1.165, 1.54) is 29.2 Å². The summed E-state index contributed by atoms with van der Waals surface area (Å²) < 4.78 is 34.1. The van der Waals surface area contributed by atoms with E-state index in [4.69, 9.17) is 28.4 Å². The fraction of sp³-hybridized carbons (Fsp3) is 0.296. The van der Waals surface area contributed by atoms with Crippen molar-refractivity contribution >= 4 is 11.6 Å². The predicted octanol–water partition coefficient (Wildman–Crippen LogP) is 10.1. The van der Waals surface area contributed by atoms with Gasteiger partial charge < -0.3 is 39.1 Å². The number of methoxy groups -OCH3 is 3. The molecule has 0 bridgehead atoms. The molecule has 1 unspecified atom stereocenters. The molecule has 0 saturated carbocycles. The second kappa shape index (κ2) is 24.2. The Labute approximate surface area is 378 Å². The smallest absolute Gasteiger partial charge is 0.216 e. The van der Waals surface area contributed by atoms with Crippen LogP contribution in [0, 0.1) is 0 Å². The molecule has 0 aliphatic carbocycles. The molecule has 0 fully saturated rings. The standard InChI is InChI=1S/C18H21NO3.C18H21NO2.C18H19NO2/c1-14(20)19-11-10-15-8-9-17(21-2)18(12-15)22-13-16-6-4-3-5-7-16;2*1-13-16-11-17(20-2)18(10-15(16)8-9-19-13)21-12-14-6-4-3-5-7-14/h3-9,12H,10-11,13H2,1-2H3,(H,19,20);3-7,10-11,13,19H,8-9,12H2,1-2H3;3-7,10-11H,8-9,12H2,1-2H3. The average Bonchev–Trinajstić information content (AvgIpc) is 3.33. The summed E-state index contributed by atoms with van der Waals surface area (Å²) in [5.41, 5.74) is 10.7. The zero-order valence-corrected chi connectivity index (χ0v) is 37.9. The summed E-state index contributed by atoms with van der Waals surface area (Å²) in [6.45, 7) is 9.81. The molecule has 2 aliphatic heterocycles. The van der Waals surface area contributed by atoms with Crippen molar-refractivity contribution in [1.29, 1.82) is 0 Å². The minimum absolute atomic E-state index is 0.0194. The summed E-state index contributed by atoms with van der Waals surface area (Å²) >= 11 is 0. The molecule has 8 rings (SSSR count). The van der Waals surface area contributed by atoms with Crippen LogP contribution >= 0.6 is 0 Å². The molecule has 2 N–H and O–H groups in total. The van der Waals surface area contributed by atoms with Crippen LogP contribution in [0.1, 0.15) is 71.3 Å². The van der Waals surface area contributed by atoms with Gasteiger partial charge in [-0.15, -0.1) is 0 Å². The van der Waals surface area contributed by atoms with Crippen molar-refractivity contribution in [2.24, 2.45) is 4.99 Å². The third-order valence-electron chi connectivity index (χ3n) is 11.0. The van der Waals surface area contributed by atoms with Crippen molar-refractivity contribution in [1.82, 2.24) is 10.6 Å². The van der Waals surface area contributed by atoms with Crippen LogP contribution in [0.25, 0.3) is 0 Å². The van der Waals surface area contributed by atoms with Crippen LogP contribution < -0.4 is 39.1 Å². The normalized spacial score (nSPS) is 13.5. The van der Waals surface area contributed by atoms with E-state index < -0.39 is 0 Å². The molecule has 6 aromatic rings. The summed E-state index contributed by atoms with van der Waals surface area (Å²) in [6, 6.07) is 44.9. The van der Waals surface area contributed by atoms with E-state index in [0.717, 1.165) is 83.3 Å². The quantitative estimate of drug-likeness (QED) is 0.105. The topological polar surface area (TPSA) is 109 Å². The molecule has 2 heterocycles. The number of ether oxygens (including phenoxy) is 6. The molecular formula is C54H61N3O7. The van der Waals surface area contributed by atoms with Gasteiger partial charge in [-0.25, -0.2) is 0 Å². The zero-order chi connectivity index (χ0) is 45.1. The second-order valence-electron chi connectivity index (χ2n) is 15.5. The second-order valence-corrected chi connectivity index (χ2v) is 15.5. The number of rotatable bonds is 15. The van der Waals surface area contributed by atoms with Gasteiger partial charge in [0.1, 0.15) is 19.8 Å². The third-order valence-corrected chi connectivity index (χ3v) is 11.0. The lowest BCUT2D eigenvalue weighted by molar-refractivity contribution is -0.118. The van der Waals surface area contributed by atoms with Gasteiger partial charge in [0.05, 0.1) is 21.3 Å². The van der Waals surface area contributed by atoms with Crippen LogP contribution in [0.4, 0.5) is 0 Å². The van der Waals surface area contributed by atoms with Gasteiger partial charge in [-0.05, 0) is 115 Å². The van der Waals surface area contributed by atoms with E-state index in [1.54, 1.807) is 21.3 Å². The van der Waals surface area contributed by atoms with Crippen LogP contribution in [-0.2, 0) is 43.9 Å². The van der Waals surface area contributed by atoms with Gasteiger partial charge in [-0.3, -0.25) is 9.79 Å². The molecule has 6 aromatic carbocycles. The molecule has 10 heteroatoms. The number of carbonyl (C=O) groups excluding carboxylic acids is 1. The highest BCUT2D eigenvalue weighted by molar-refractivity contribution is 6.01. The highest BCUT2D eigenvalue weighted by Crippen LogP contribution is 2.36. The molecule has 10 nitrogen and oxygen atoms in total. The molecule has 0 aromatic heterocycles. The molecule has 0 radical (unpaired) electrons. The number of benzene rings is 6. The van der Waals surface area contributed by atoms with Crippen LogP contribution in [0.2, 0.25) is 0 Å². The van der Waals surface area contributed by atoms with E-state index in [0.29, 0.717) is 43.9 Å². The Hall–Kier alpha value is -6.78. The number of nitrogens with one attached hydrogen (secondary N) is 2. The van der Waals surface area contributed by atoms with Crippen molar-refractivity contribution < 1.29 is 33.2 Å². The van der Waals surface area contributed by atoms with Gasteiger partial charge >= 0.3 is 0 Å². The fourth-order valence-corrected chi connectivity index (χ4v) is 7.47. The molecular weight excluding hydrogens is 803 g/mol. The van der Waals surface area contributed by atoms with Gasteiger partial charge in [0.2, 0.25) is 5.91 Å². The molecule has 334 valence electrons. The first-order valence-electron chi connectivity index (χ1n) is 21.8. The summed E-state index contributed by atoms with van der Waals surface area (Å²) in [7, 11) is 4.99. The molecule has 64 heavy (non-hydrogen) atoms. The summed E-state index contributed by atoms with van der Waals surface area (Å²) in [5.74, 6) is 4.60. The van der Waals surface area contributed by atoms with Gasteiger partial charge in [0.15, 0.2) is 34.5 Å². The highest BCUT2D eigenvalue weighted by Gasteiger charge is 2.20. The lowest BCUT2D eigenvalue weighted by atomic mass is 9.94. The number of hydrogen-bond donors (Lipinski definition) is 2. The molecule has 1 amide bonds. The van der Waals surface area contributed by atoms with E-state index in [9.17, 15) is 4.79 Å². The number of nitrogens with zero attached hydrogens (tertiary/aromatic N) is 1. The van der Waals surface area contributed by atoms with Crippen LogP contribution in [0.15, 0.2) is 138 Å². The van der Waals surface area contributed by atoms with Gasteiger partial charge in [0.25, 0.3) is 0 Å². The maximum Gasteiger partial charge on any atom is 0.216 e. The van der Waals surface area contributed by atoms with Crippen molar-refractivity contribution in [3.8, 4) is 34.5 Å². The Bertz CT molecular complexity index is 2420. The summed E-state index contributed by atoms with van der Waals surface area (Å²) in [4.78, 5) is 15.4. The van der Waals surface area contributed by atoms with Crippen molar-refractivity contribution in [3.63, 3.8) is 0 Å². The first-order chi connectivity index (χ1) is 31.2. The van der Waals surface area contributed by atoms with E-state index in [1.807, 2.05) is 97.9 Å². The molecule has 2 aliphatic rings. The van der Waals surface area contributed by atoms with Crippen molar-refractivity contribution in [3.05, 3.63) is 178 Å². The predicted molar refractivity (Wildman–Crippen MR) is 255 cm³/mol. The average molecular weight is 864 g/mol. The van der Waals surface area contributed by atoms with Crippen molar-refractivity contribution in [2.45, 2.75) is 65.9 Å². The Morgan fingerprint density at radius 3 is 1.66 bits per heavy atom. The fourth-order valence-electron chi connectivity index (χ4n) is 7.47. The van der Waals surface area contributed by atoms with E-state index >= 15 is 0 Å². The Morgan fingerprint density at radius 1 is 0.609 bits per heavy atom. The minimum atomic E-state index is -0.0194. The Kier molecular flexibility index (Phi) is 17.6. The first-order valence-corrected chi connectivity index (χ1v) is 21.8. The first kappa shape index (κ1) is 46.7. The van der Waals surface area contributed by atoms with E-state index in [2.05, 4.69) is 65.0 Å². The third kappa shape index (κ3) is 13.6. The summed E-state index contributed by atoms with van der Waals surface area (Å²) in [5, 5.41) is 6.26. The minimum Gasteiger partial charge on any atom is -0.493 e. The monoisotopic (exact) mass is 863 g/mol. The summed E-state index contributed by atoms with van der Waals surface area (Å²) in [6.07, 6.45) is 2.75. The number of hydrogen-bond acceptors (Lipinski definition) is 9. The molecule has 1 atom stereocenters. The van der Waals surface area contributed by atoms with Gasteiger partial charge in [-0.2, -0.15) is 0 Å². The van der Waals surface area contributed by atoms with Crippen LogP contribution in [0.3, 0.4) is 0 Å². The number of fused-ring (bicyclic) bond motifs is 2. The number of carbonyl (C=O) groups is 1. The lowest BCUT2D eigenvalue weighted by Crippen LogP contribution is -2.27. The lowest BCUT2D eigenvalue weighted by Gasteiger charge is -2.25. The Balaban J connectivity index is 0.000000159. The maximum atomic E-state index is 10.9. The molecule has 0 spiro atoms. The van der Waals surface area contributed by atoms with E-state index in [-0.39, 0.29) is 5.91 Å². The van der Waals surface area contributed by atoms with Gasteiger partial charge in [-0.1, -0.05) is 97.1 Å². The highest BCUT2D eigenvalue weighted by atomic mass is 16.5. The Morgan fingerprint density at radius 2 is 1.12 bits per heavy atom. The largest absolute Gasteiger partial charge is 0.493 e. The van der Waals surface area contributed by atoms with Crippen molar-refractivity contribution in [2.75, 3.05) is 41.0 Å². The van der Waals surface area contributed by atoms with Gasteiger partial charge in [0, 0.05) is 37.3 Å². The van der Waals surface area contributed by atoms with Crippen LogP contribution in [-0.4, -0.2) is 52.6 Å². The maximum absolute atomic E-state index is 10.9.